The van der Waals surface area contributed by atoms with E-state index in [1.807, 2.05) is 36.4 Å². The number of rotatable bonds is 5. The van der Waals surface area contributed by atoms with E-state index in [9.17, 15) is 0 Å². The molecule has 2 aromatic heterocycles. The standard InChI is InChI=1S/C28H24N2O3/c1-31-22-14-12-18(26-24(22)16-8-4-6-10-20(16)29-26)28(33-3)19-13-15-23(32-2)25-17-9-5-7-11-21(17)30-27(19)25/h4-15,28-30H,1-3H3. The van der Waals surface area contributed by atoms with E-state index < -0.39 is 0 Å². The minimum Gasteiger partial charge on any atom is -0.496 e. The number of nitrogens with one attached hydrogen (secondary N) is 2. The number of para-hydroxylation sites is 2. The second-order valence-electron chi connectivity index (χ2n) is 8.17. The van der Waals surface area contributed by atoms with E-state index in [4.69, 9.17) is 14.2 Å². The van der Waals surface area contributed by atoms with Gasteiger partial charge < -0.3 is 24.2 Å². The second kappa shape index (κ2) is 7.57. The Morgan fingerprint density at radius 1 is 0.576 bits per heavy atom. The van der Waals surface area contributed by atoms with Gasteiger partial charge in [0.2, 0.25) is 0 Å². The SMILES string of the molecule is COc1ccc(C(OC)c2ccc(OC)c3c2[nH]c2ccccc23)c2[nH]c3ccccc3c12. The average Bonchev–Trinajstić information content (AvgIpc) is 3.44. The maximum atomic E-state index is 6.16. The van der Waals surface area contributed by atoms with Crippen LogP contribution in [0.2, 0.25) is 0 Å². The van der Waals surface area contributed by atoms with Crippen molar-refractivity contribution >= 4 is 43.6 Å². The number of hydrogen-bond donors (Lipinski definition) is 2. The predicted molar refractivity (Wildman–Crippen MR) is 134 cm³/mol. The molecule has 0 saturated heterocycles. The summed E-state index contributed by atoms with van der Waals surface area (Å²) in [6.07, 6.45) is -0.298. The van der Waals surface area contributed by atoms with E-state index in [-0.39, 0.29) is 6.10 Å². The van der Waals surface area contributed by atoms with Gasteiger partial charge in [-0.25, -0.2) is 0 Å². The van der Waals surface area contributed by atoms with Crippen molar-refractivity contribution in [1.29, 1.82) is 0 Å². The Balaban J connectivity index is 1.66. The molecule has 2 heterocycles. The third kappa shape index (κ3) is 2.82. The van der Waals surface area contributed by atoms with E-state index in [1.165, 1.54) is 0 Å². The molecule has 33 heavy (non-hydrogen) atoms. The zero-order valence-corrected chi connectivity index (χ0v) is 18.7. The lowest BCUT2D eigenvalue weighted by atomic mass is 9.96. The highest BCUT2D eigenvalue weighted by atomic mass is 16.5. The van der Waals surface area contributed by atoms with Crippen molar-refractivity contribution < 1.29 is 14.2 Å². The molecule has 0 fully saturated rings. The van der Waals surface area contributed by atoms with Crippen molar-refractivity contribution in [3.8, 4) is 11.5 Å². The molecule has 5 nitrogen and oxygen atoms in total. The lowest BCUT2D eigenvalue weighted by molar-refractivity contribution is 0.138. The maximum absolute atomic E-state index is 6.16. The van der Waals surface area contributed by atoms with E-state index in [0.29, 0.717) is 0 Å². The molecule has 2 N–H and O–H groups in total. The number of H-pyrrole nitrogens is 2. The molecule has 0 saturated carbocycles. The number of benzene rings is 4. The summed E-state index contributed by atoms with van der Waals surface area (Å²) >= 11 is 0. The molecule has 0 radical (unpaired) electrons. The van der Waals surface area contributed by atoms with Crippen molar-refractivity contribution in [2.75, 3.05) is 21.3 Å². The van der Waals surface area contributed by atoms with E-state index in [0.717, 1.165) is 66.2 Å². The molecule has 6 aromatic rings. The van der Waals surface area contributed by atoms with Crippen LogP contribution in [0, 0.1) is 0 Å². The summed E-state index contributed by atoms with van der Waals surface area (Å²) in [6.45, 7) is 0. The largest absolute Gasteiger partial charge is 0.496 e. The summed E-state index contributed by atoms with van der Waals surface area (Å²) in [5.41, 5.74) is 6.27. The molecule has 0 aliphatic rings. The van der Waals surface area contributed by atoms with Gasteiger partial charge in [-0.15, -0.1) is 0 Å². The maximum Gasteiger partial charge on any atom is 0.128 e. The van der Waals surface area contributed by atoms with Crippen LogP contribution in [0.3, 0.4) is 0 Å². The predicted octanol–water partition coefficient (Wildman–Crippen LogP) is 6.71. The molecule has 0 aliphatic heterocycles. The van der Waals surface area contributed by atoms with Crippen molar-refractivity contribution in [2.24, 2.45) is 0 Å². The first-order chi connectivity index (χ1) is 16.2. The molecule has 6 rings (SSSR count). The van der Waals surface area contributed by atoms with Crippen LogP contribution in [0.1, 0.15) is 17.2 Å². The summed E-state index contributed by atoms with van der Waals surface area (Å²) in [4.78, 5) is 7.22. The van der Waals surface area contributed by atoms with E-state index in [2.05, 4.69) is 46.4 Å². The van der Waals surface area contributed by atoms with Gasteiger partial charge in [-0.05, 0) is 24.3 Å². The van der Waals surface area contributed by atoms with Gasteiger partial charge in [-0.2, -0.15) is 0 Å². The summed E-state index contributed by atoms with van der Waals surface area (Å²) in [5.74, 6) is 1.68. The van der Waals surface area contributed by atoms with Gasteiger partial charge in [0.15, 0.2) is 0 Å². The molecule has 4 aromatic carbocycles. The van der Waals surface area contributed by atoms with Gasteiger partial charge in [-0.1, -0.05) is 48.5 Å². The molecule has 0 bridgehead atoms. The van der Waals surface area contributed by atoms with Gasteiger partial charge in [0, 0.05) is 50.8 Å². The van der Waals surface area contributed by atoms with Crippen molar-refractivity contribution in [2.45, 2.75) is 6.10 Å². The fourth-order valence-electron chi connectivity index (χ4n) is 5.09. The molecule has 0 spiro atoms. The first kappa shape index (κ1) is 19.7. The van der Waals surface area contributed by atoms with Crippen LogP contribution >= 0.6 is 0 Å². The second-order valence-corrected chi connectivity index (χ2v) is 8.17. The average molecular weight is 437 g/mol. The molecule has 164 valence electrons. The lowest BCUT2D eigenvalue weighted by Gasteiger charge is -2.19. The highest BCUT2D eigenvalue weighted by Crippen LogP contribution is 2.43. The minimum atomic E-state index is -0.298. The summed E-state index contributed by atoms with van der Waals surface area (Å²) in [6, 6.07) is 24.8. The first-order valence-corrected chi connectivity index (χ1v) is 10.9. The topological polar surface area (TPSA) is 59.3 Å². The minimum absolute atomic E-state index is 0.298. The van der Waals surface area contributed by atoms with Crippen LogP contribution in [-0.2, 0) is 4.74 Å². The van der Waals surface area contributed by atoms with Gasteiger partial charge in [-0.3, -0.25) is 0 Å². The molecule has 0 unspecified atom stereocenters. The van der Waals surface area contributed by atoms with Gasteiger partial charge in [0.1, 0.15) is 17.6 Å². The molecule has 0 atom stereocenters. The van der Waals surface area contributed by atoms with Gasteiger partial charge in [0.05, 0.1) is 25.3 Å². The first-order valence-electron chi connectivity index (χ1n) is 10.9. The molecule has 0 aliphatic carbocycles. The normalized spacial score (nSPS) is 11.9. The van der Waals surface area contributed by atoms with Crippen molar-refractivity contribution in [1.82, 2.24) is 9.97 Å². The quantitative estimate of drug-likeness (QED) is 0.316. The van der Waals surface area contributed by atoms with Gasteiger partial charge in [0.25, 0.3) is 0 Å². The number of ether oxygens (including phenoxy) is 3. The fraction of sp³-hybridized carbons (Fsp3) is 0.143. The Morgan fingerprint density at radius 3 is 1.45 bits per heavy atom. The van der Waals surface area contributed by atoms with E-state index in [1.54, 1.807) is 21.3 Å². The van der Waals surface area contributed by atoms with Crippen molar-refractivity contribution in [3.63, 3.8) is 0 Å². The number of methoxy groups -OCH3 is 3. The number of aromatic nitrogens is 2. The Kier molecular flexibility index (Phi) is 4.52. The fourth-order valence-corrected chi connectivity index (χ4v) is 5.09. The Bertz CT molecular complexity index is 1520. The van der Waals surface area contributed by atoms with E-state index >= 15 is 0 Å². The summed E-state index contributed by atoms with van der Waals surface area (Å²) < 4.78 is 17.6. The zero-order valence-electron chi connectivity index (χ0n) is 18.7. The van der Waals surface area contributed by atoms with Gasteiger partial charge >= 0.3 is 0 Å². The zero-order chi connectivity index (χ0) is 22.5. The molecule has 0 amide bonds. The highest BCUT2D eigenvalue weighted by Gasteiger charge is 2.24. The molecular formula is C28H24N2O3. The third-order valence-corrected chi connectivity index (χ3v) is 6.55. The summed E-state index contributed by atoms with van der Waals surface area (Å²) in [5, 5.41) is 4.39. The summed E-state index contributed by atoms with van der Waals surface area (Å²) in [7, 11) is 5.17. The Labute approximate surface area is 190 Å². The van der Waals surface area contributed by atoms with Crippen LogP contribution in [-0.4, -0.2) is 31.3 Å². The number of fused-ring (bicyclic) bond motifs is 6. The molecular weight excluding hydrogens is 412 g/mol. The third-order valence-electron chi connectivity index (χ3n) is 6.55. The smallest absolute Gasteiger partial charge is 0.128 e. The van der Waals surface area contributed by atoms with Crippen LogP contribution < -0.4 is 9.47 Å². The monoisotopic (exact) mass is 436 g/mol. The Hall–Kier alpha value is -3.96. The van der Waals surface area contributed by atoms with Crippen LogP contribution in [0.15, 0.2) is 72.8 Å². The number of hydrogen-bond acceptors (Lipinski definition) is 3. The lowest BCUT2D eigenvalue weighted by Crippen LogP contribution is -2.06. The van der Waals surface area contributed by atoms with Crippen LogP contribution in [0.4, 0.5) is 0 Å². The van der Waals surface area contributed by atoms with Crippen LogP contribution in [0.25, 0.3) is 43.6 Å². The number of aromatic amines is 2. The van der Waals surface area contributed by atoms with Crippen molar-refractivity contribution in [3.05, 3.63) is 83.9 Å². The van der Waals surface area contributed by atoms with Crippen LogP contribution in [0.5, 0.6) is 11.5 Å². The Morgan fingerprint density at radius 2 is 1.03 bits per heavy atom. The highest BCUT2D eigenvalue weighted by molar-refractivity contribution is 6.13. The molecule has 5 heteroatoms.